The van der Waals surface area contributed by atoms with Crippen LogP contribution in [0.5, 0.6) is 5.75 Å². The lowest BCUT2D eigenvalue weighted by Crippen LogP contribution is -2.12. The van der Waals surface area contributed by atoms with Gasteiger partial charge < -0.3 is 15.7 Å². The van der Waals surface area contributed by atoms with Crippen molar-refractivity contribution in [3.8, 4) is 5.75 Å². The number of benzene rings is 1. The molecular formula is C12H13N3O. The molecule has 0 atom stereocenters. The Morgan fingerprint density at radius 1 is 1.19 bits per heavy atom. The number of aromatic hydroxyl groups is 1. The molecule has 0 fully saturated rings. The third-order valence-corrected chi connectivity index (χ3v) is 2.37. The monoisotopic (exact) mass is 215 g/mol. The number of hydrogen-bond donors (Lipinski definition) is 2. The molecule has 1 aromatic heterocycles. The van der Waals surface area contributed by atoms with E-state index in [-0.39, 0.29) is 5.75 Å². The average Bonchev–Trinajstić information content (AvgIpc) is 2.30. The topological polar surface area (TPSA) is 62.4 Å². The molecule has 0 saturated carbocycles. The maximum Gasteiger partial charge on any atom is 0.155 e. The molecule has 0 saturated heterocycles. The van der Waals surface area contributed by atoms with E-state index in [0.29, 0.717) is 11.5 Å². The van der Waals surface area contributed by atoms with Crippen LogP contribution in [0.15, 0.2) is 42.6 Å². The van der Waals surface area contributed by atoms with Gasteiger partial charge in [-0.25, -0.2) is 4.98 Å². The first-order valence-corrected chi connectivity index (χ1v) is 4.92. The van der Waals surface area contributed by atoms with Crippen LogP contribution in [0.4, 0.5) is 17.2 Å². The number of nitrogens with two attached hydrogens (primary N) is 1. The Bertz CT molecular complexity index is 482. The molecule has 0 aliphatic heterocycles. The van der Waals surface area contributed by atoms with E-state index in [2.05, 4.69) is 4.98 Å². The average molecular weight is 215 g/mol. The van der Waals surface area contributed by atoms with Crippen molar-refractivity contribution in [1.82, 2.24) is 4.98 Å². The number of phenols is 1. The van der Waals surface area contributed by atoms with Gasteiger partial charge in [-0.2, -0.15) is 0 Å². The first-order valence-electron chi connectivity index (χ1n) is 4.92. The molecule has 0 spiro atoms. The summed E-state index contributed by atoms with van der Waals surface area (Å²) in [5, 5.41) is 9.20. The van der Waals surface area contributed by atoms with Gasteiger partial charge in [0.15, 0.2) is 5.82 Å². The summed E-state index contributed by atoms with van der Waals surface area (Å²) in [5.41, 5.74) is 7.38. The molecular weight excluding hydrogens is 202 g/mol. The smallest absolute Gasteiger partial charge is 0.155 e. The van der Waals surface area contributed by atoms with Gasteiger partial charge in [0, 0.05) is 18.9 Å². The Morgan fingerprint density at radius 2 is 1.88 bits per heavy atom. The maximum atomic E-state index is 9.20. The molecule has 0 amide bonds. The predicted octanol–water partition coefficient (Wildman–Crippen LogP) is 2.14. The third-order valence-electron chi connectivity index (χ3n) is 2.37. The standard InChI is InChI=1S/C12H13N3O/c1-15(9-4-6-10(16)7-5-9)12-11(13)3-2-8-14-12/h2-8,16H,13H2,1H3. The van der Waals surface area contributed by atoms with Gasteiger partial charge >= 0.3 is 0 Å². The van der Waals surface area contributed by atoms with Crippen molar-refractivity contribution < 1.29 is 5.11 Å². The molecule has 0 aliphatic rings. The zero-order chi connectivity index (χ0) is 11.5. The molecule has 0 unspecified atom stereocenters. The van der Waals surface area contributed by atoms with Crippen LogP contribution in [-0.4, -0.2) is 17.1 Å². The summed E-state index contributed by atoms with van der Waals surface area (Å²) in [6.07, 6.45) is 1.70. The van der Waals surface area contributed by atoms with E-state index in [4.69, 9.17) is 5.73 Å². The number of anilines is 3. The minimum absolute atomic E-state index is 0.242. The number of rotatable bonds is 2. The molecule has 2 aromatic rings. The molecule has 82 valence electrons. The SMILES string of the molecule is CN(c1ccc(O)cc1)c1ncccc1N. The Balaban J connectivity index is 2.35. The molecule has 2 rings (SSSR count). The summed E-state index contributed by atoms with van der Waals surface area (Å²) in [6, 6.07) is 10.5. The molecule has 0 aliphatic carbocycles. The van der Waals surface area contributed by atoms with Crippen molar-refractivity contribution in [2.24, 2.45) is 0 Å². The number of phenolic OH excluding ortho intramolecular Hbond substituents is 1. The second kappa shape index (κ2) is 4.10. The second-order valence-electron chi connectivity index (χ2n) is 3.49. The van der Waals surface area contributed by atoms with Crippen LogP contribution >= 0.6 is 0 Å². The minimum Gasteiger partial charge on any atom is -0.508 e. The predicted molar refractivity (Wildman–Crippen MR) is 64.8 cm³/mol. The molecule has 16 heavy (non-hydrogen) atoms. The Hall–Kier alpha value is -2.23. The largest absolute Gasteiger partial charge is 0.508 e. The van der Waals surface area contributed by atoms with Crippen LogP contribution in [0, 0.1) is 0 Å². The van der Waals surface area contributed by atoms with E-state index in [1.54, 1.807) is 30.5 Å². The molecule has 1 aromatic carbocycles. The molecule has 1 heterocycles. The van der Waals surface area contributed by atoms with E-state index in [1.807, 2.05) is 24.1 Å². The lowest BCUT2D eigenvalue weighted by Gasteiger charge is -2.19. The summed E-state index contributed by atoms with van der Waals surface area (Å²) < 4.78 is 0. The Kier molecular flexibility index (Phi) is 2.64. The van der Waals surface area contributed by atoms with Crippen LogP contribution < -0.4 is 10.6 Å². The van der Waals surface area contributed by atoms with Crippen molar-refractivity contribution >= 4 is 17.2 Å². The van der Waals surface area contributed by atoms with Gasteiger partial charge in [-0.3, -0.25) is 0 Å². The fourth-order valence-electron chi connectivity index (χ4n) is 1.49. The quantitative estimate of drug-likeness (QED) is 0.805. The maximum absolute atomic E-state index is 9.20. The Morgan fingerprint density at radius 3 is 2.50 bits per heavy atom. The third kappa shape index (κ3) is 1.91. The van der Waals surface area contributed by atoms with Crippen molar-refractivity contribution in [2.45, 2.75) is 0 Å². The van der Waals surface area contributed by atoms with E-state index in [9.17, 15) is 5.11 Å². The van der Waals surface area contributed by atoms with Gasteiger partial charge in [-0.15, -0.1) is 0 Å². The van der Waals surface area contributed by atoms with Crippen LogP contribution in [0.1, 0.15) is 0 Å². The molecule has 0 radical (unpaired) electrons. The zero-order valence-corrected chi connectivity index (χ0v) is 8.96. The second-order valence-corrected chi connectivity index (χ2v) is 3.49. The summed E-state index contributed by atoms with van der Waals surface area (Å²) >= 11 is 0. The number of nitrogens with zero attached hydrogens (tertiary/aromatic N) is 2. The molecule has 0 bridgehead atoms. The highest BCUT2D eigenvalue weighted by molar-refractivity contribution is 5.70. The van der Waals surface area contributed by atoms with Gasteiger partial charge in [0.05, 0.1) is 5.69 Å². The van der Waals surface area contributed by atoms with Crippen molar-refractivity contribution in [1.29, 1.82) is 0 Å². The molecule has 4 heteroatoms. The molecule has 3 N–H and O–H groups in total. The van der Waals surface area contributed by atoms with Crippen molar-refractivity contribution in [3.05, 3.63) is 42.6 Å². The van der Waals surface area contributed by atoms with Gasteiger partial charge in [0.25, 0.3) is 0 Å². The van der Waals surface area contributed by atoms with Gasteiger partial charge in [0.2, 0.25) is 0 Å². The van der Waals surface area contributed by atoms with E-state index in [0.717, 1.165) is 5.69 Å². The van der Waals surface area contributed by atoms with Crippen LogP contribution in [0.3, 0.4) is 0 Å². The summed E-state index contributed by atoms with van der Waals surface area (Å²) in [7, 11) is 1.88. The summed E-state index contributed by atoms with van der Waals surface area (Å²) in [5.74, 6) is 0.944. The Labute approximate surface area is 94.0 Å². The van der Waals surface area contributed by atoms with E-state index < -0.39 is 0 Å². The van der Waals surface area contributed by atoms with E-state index >= 15 is 0 Å². The zero-order valence-electron chi connectivity index (χ0n) is 8.96. The highest BCUT2D eigenvalue weighted by atomic mass is 16.3. The summed E-state index contributed by atoms with van der Waals surface area (Å²) in [6.45, 7) is 0. The lowest BCUT2D eigenvalue weighted by molar-refractivity contribution is 0.475. The number of hydrogen-bond acceptors (Lipinski definition) is 4. The van der Waals surface area contributed by atoms with E-state index in [1.165, 1.54) is 0 Å². The number of nitrogen functional groups attached to an aromatic ring is 1. The summed E-state index contributed by atoms with van der Waals surface area (Å²) in [4.78, 5) is 6.09. The number of aromatic nitrogens is 1. The lowest BCUT2D eigenvalue weighted by atomic mass is 10.2. The van der Waals surface area contributed by atoms with Gasteiger partial charge in [0.1, 0.15) is 5.75 Å². The first kappa shape index (κ1) is 10.3. The first-order chi connectivity index (χ1) is 7.68. The highest BCUT2D eigenvalue weighted by Crippen LogP contribution is 2.27. The van der Waals surface area contributed by atoms with Gasteiger partial charge in [-0.1, -0.05) is 0 Å². The normalized spacial score (nSPS) is 10.1. The van der Waals surface area contributed by atoms with Crippen LogP contribution in [0.2, 0.25) is 0 Å². The fourth-order valence-corrected chi connectivity index (χ4v) is 1.49. The number of pyridine rings is 1. The minimum atomic E-state index is 0.242. The van der Waals surface area contributed by atoms with Crippen molar-refractivity contribution in [2.75, 3.05) is 17.7 Å². The van der Waals surface area contributed by atoms with Crippen LogP contribution in [0.25, 0.3) is 0 Å². The highest BCUT2D eigenvalue weighted by Gasteiger charge is 2.07. The fraction of sp³-hybridized carbons (Fsp3) is 0.0833. The molecule has 4 nitrogen and oxygen atoms in total. The van der Waals surface area contributed by atoms with Crippen molar-refractivity contribution in [3.63, 3.8) is 0 Å². The van der Waals surface area contributed by atoms with Crippen LogP contribution in [-0.2, 0) is 0 Å². The van der Waals surface area contributed by atoms with Gasteiger partial charge in [-0.05, 0) is 36.4 Å².